The fourth-order valence-corrected chi connectivity index (χ4v) is 3.44. The van der Waals surface area contributed by atoms with Crippen molar-refractivity contribution in [3.63, 3.8) is 0 Å². The number of hydrogen-bond acceptors (Lipinski definition) is 3. The average molecular weight is 368 g/mol. The summed E-state index contributed by atoms with van der Waals surface area (Å²) in [5, 5.41) is 5.21. The number of nitrogens with zero attached hydrogens (tertiary/aromatic N) is 1. The molecule has 1 saturated heterocycles. The Labute approximate surface area is 160 Å². The van der Waals surface area contributed by atoms with Gasteiger partial charge in [-0.15, -0.1) is 0 Å². The zero-order valence-corrected chi connectivity index (χ0v) is 16.3. The molecular formula is C22H28N2O3. The van der Waals surface area contributed by atoms with Crippen molar-refractivity contribution in [2.75, 3.05) is 18.4 Å². The number of rotatable bonds is 3. The van der Waals surface area contributed by atoms with E-state index in [1.807, 2.05) is 63.2 Å². The molecule has 3 rings (SSSR count). The Kier molecular flexibility index (Phi) is 5.68. The minimum absolute atomic E-state index is 0.0297. The first-order valence-electron chi connectivity index (χ1n) is 9.57. The lowest BCUT2D eigenvalue weighted by atomic mass is 9.93. The number of piperidine rings is 1. The van der Waals surface area contributed by atoms with Gasteiger partial charge in [-0.2, -0.15) is 0 Å². The molecule has 1 aliphatic rings. The Morgan fingerprint density at radius 2 is 1.74 bits per heavy atom. The van der Waals surface area contributed by atoms with Crippen molar-refractivity contribution in [1.29, 1.82) is 0 Å². The summed E-state index contributed by atoms with van der Waals surface area (Å²) in [6, 6.07) is 14.0. The third-order valence-corrected chi connectivity index (χ3v) is 4.80. The molecule has 2 aromatic rings. The minimum atomic E-state index is -0.480. The van der Waals surface area contributed by atoms with Crippen LogP contribution in [0.4, 0.5) is 10.5 Å². The van der Waals surface area contributed by atoms with Crippen LogP contribution in [0.25, 0.3) is 10.8 Å². The number of carbonyl (C=O) groups excluding carboxylic acids is 2. The number of fused-ring (bicyclic) bond motifs is 1. The van der Waals surface area contributed by atoms with Gasteiger partial charge in [0.05, 0.1) is 0 Å². The largest absolute Gasteiger partial charge is 0.444 e. The Hall–Kier alpha value is -2.56. The molecule has 2 aromatic carbocycles. The number of likely N-dealkylation sites (tertiary alicyclic amines) is 1. The summed E-state index contributed by atoms with van der Waals surface area (Å²) in [5.74, 6) is 0.320. The molecule has 1 fully saturated rings. The Morgan fingerprint density at radius 3 is 2.44 bits per heavy atom. The maximum Gasteiger partial charge on any atom is 0.410 e. The molecule has 1 N–H and O–H groups in total. The highest BCUT2D eigenvalue weighted by Gasteiger charge is 2.27. The fourth-order valence-electron chi connectivity index (χ4n) is 3.44. The first-order chi connectivity index (χ1) is 12.8. The number of hydrogen-bond donors (Lipinski definition) is 1. The monoisotopic (exact) mass is 368 g/mol. The number of carbonyl (C=O) groups is 2. The van der Waals surface area contributed by atoms with E-state index in [2.05, 4.69) is 5.32 Å². The molecule has 27 heavy (non-hydrogen) atoms. The van der Waals surface area contributed by atoms with Gasteiger partial charge in [0, 0.05) is 30.6 Å². The van der Waals surface area contributed by atoms with Crippen LogP contribution < -0.4 is 5.32 Å². The first-order valence-corrected chi connectivity index (χ1v) is 9.57. The molecule has 1 heterocycles. The van der Waals surface area contributed by atoms with E-state index < -0.39 is 5.60 Å². The molecule has 1 aliphatic heterocycles. The highest BCUT2D eigenvalue weighted by Crippen LogP contribution is 2.25. The predicted molar refractivity (Wildman–Crippen MR) is 108 cm³/mol. The fraction of sp³-hybridized carbons (Fsp3) is 0.455. The first kappa shape index (κ1) is 19.2. The topological polar surface area (TPSA) is 58.6 Å². The van der Waals surface area contributed by atoms with Gasteiger partial charge >= 0.3 is 6.09 Å². The highest BCUT2D eigenvalue weighted by molar-refractivity contribution is 6.02. The zero-order valence-electron chi connectivity index (χ0n) is 16.3. The standard InChI is InChI=1S/C22H28N2O3/c1-22(2,3)27-21(26)24-13-11-16(12-14-24)15-20(25)23-19-10-6-8-17-7-4-5-9-18(17)19/h4-10,16H,11-15H2,1-3H3,(H,23,25). The lowest BCUT2D eigenvalue weighted by Crippen LogP contribution is -2.42. The maximum atomic E-state index is 12.5. The van der Waals surface area contributed by atoms with E-state index in [4.69, 9.17) is 4.74 Å². The summed E-state index contributed by atoms with van der Waals surface area (Å²) >= 11 is 0. The zero-order chi connectivity index (χ0) is 19.4. The van der Waals surface area contributed by atoms with Crippen molar-refractivity contribution >= 4 is 28.5 Å². The van der Waals surface area contributed by atoms with E-state index in [-0.39, 0.29) is 12.0 Å². The number of nitrogens with one attached hydrogen (secondary N) is 1. The van der Waals surface area contributed by atoms with Crippen LogP contribution >= 0.6 is 0 Å². The van der Waals surface area contributed by atoms with Gasteiger partial charge in [0.25, 0.3) is 0 Å². The normalized spacial score (nSPS) is 15.6. The predicted octanol–water partition coefficient (Wildman–Crippen LogP) is 4.82. The molecule has 5 nitrogen and oxygen atoms in total. The van der Waals surface area contributed by atoms with Gasteiger partial charge < -0.3 is 15.0 Å². The van der Waals surface area contributed by atoms with Crippen molar-refractivity contribution in [1.82, 2.24) is 4.90 Å². The molecule has 0 spiro atoms. The maximum absolute atomic E-state index is 12.5. The average Bonchev–Trinajstić information content (AvgIpc) is 2.61. The summed E-state index contributed by atoms with van der Waals surface area (Å²) in [6.45, 7) is 6.89. The third kappa shape index (κ3) is 5.22. The smallest absolute Gasteiger partial charge is 0.410 e. The molecular weight excluding hydrogens is 340 g/mol. The Balaban J connectivity index is 1.52. The molecule has 144 valence electrons. The summed E-state index contributed by atoms with van der Waals surface area (Å²) < 4.78 is 5.42. The van der Waals surface area contributed by atoms with E-state index in [0.717, 1.165) is 29.3 Å². The molecule has 0 atom stereocenters. The Bertz CT molecular complexity index is 812. The van der Waals surface area contributed by atoms with E-state index in [0.29, 0.717) is 25.4 Å². The molecule has 0 unspecified atom stereocenters. The van der Waals surface area contributed by atoms with Crippen LogP contribution in [0.3, 0.4) is 0 Å². The second-order valence-corrected chi connectivity index (χ2v) is 8.19. The van der Waals surface area contributed by atoms with Gasteiger partial charge in [-0.1, -0.05) is 36.4 Å². The second-order valence-electron chi connectivity index (χ2n) is 8.19. The van der Waals surface area contributed by atoms with Gasteiger partial charge in [0.15, 0.2) is 0 Å². The van der Waals surface area contributed by atoms with Crippen molar-refractivity contribution in [2.24, 2.45) is 5.92 Å². The Morgan fingerprint density at radius 1 is 1.07 bits per heavy atom. The quantitative estimate of drug-likeness (QED) is 0.845. The SMILES string of the molecule is CC(C)(C)OC(=O)N1CCC(CC(=O)Nc2cccc3ccccc23)CC1. The van der Waals surface area contributed by atoms with Gasteiger partial charge in [0.2, 0.25) is 5.91 Å². The second kappa shape index (κ2) is 7.99. The molecule has 5 heteroatoms. The van der Waals surface area contributed by atoms with E-state index in [1.165, 1.54) is 0 Å². The van der Waals surface area contributed by atoms with Crippen LogP contribution in [0, 0.1) is 5.92 Å². The van der Waals surface area contributed by atoms with E-state index >= 15 is 0 Å². The molecule has 0 aromatic heterocycles. The van der Waals surface area contributed by atoms with Crippen LogP contribution in [-0.2, 0) is 9.53 Å². The van der Waals surface area contributed by atoms with E-state index in [1.54, 1.807) is 4.90 Å². The molecule has 0 saturated carbocycles. The van der Waals surface area contributed by atoms with Crippen molar-refractivity contribution in [3.05, 3.63) is 42.5 Å². The summed E-state index contributed by atoms with van der Waals surface area (Å²) in [7, 11) is 0. The van der Waals surface area contributed by atoms with E-state index in [9.17, 15) is 9.59 Å². The van der Waals surface area contributed by atoms with Gasteiger partial charge in [-0.05, 0) is 51.0 Å². The summed E-state index contributed by atoms with van der Waals surface area (Å²) in [5.41, 5.74) is 0.371. The molecule has 0 bridgehead atoms. The van der Waals surface area contributed by atoms with Crippen molar-refractivity contribution < 1.29 is 14.3 Å². The van der Waals surface area contributed by atoms with Crippen LogP contribution in [-0.4, -0.2) is 35.6 Å². The highest BCUT2D eigenvalue weighted by atomic mass is 16.6. The van der Waals surface area contributed by atoms with Crippen molar-refractivity contribution in [3.8, 4) is 0 Å². The van der Waals surface area contributed by atoms with Crippen LogP contribution in [0.15, 0.2) is 42.5 Å². The van der Waals surface area contributed by atoms with Gasteiger partial charge in [-0.25, -0.2) is 4.79 Å². The third-order valence-electron chi connectivity index (χ3n) is 4.80. The number of benzene rings is 2. The lowest BCUT2D eigenvalue weighted by molar-refractivity contribution is -0.117. The van der Waals surface area contributed by atoms with Crippen LogP contribution in [0.1, 0.15) is 40.0 Å². The lowest BCUT2D eigenvalue weighted by Gasteiger charge is -2.33. The molecule has 0 radical (unpaired) electrons. The number of amides is 2. The van der Waals surface area contributed by atoms with Crippen LogP contribution in [0.5, 0.6) is 0 Å². The number of ether oxygens (including phenoxy) is 1. The summed E-state index contributed by atoms with van der Waals surface area (Å²) in [6.07, 6.45) is 1.86. The van der Waals surface area contributed by atoms with Crippen LogP contribution in [0.2, 0.25) is 0 Å². The molecule has 0 aliphatic carbocycles. The molecule has 2 amide bonds. The van der Waals surface area contributed by atoms with Crippen molar-refractivity contribution in [2.45, 2.75) is 45.6 Å². The number of anilines is 1. The van der Waals surface area contributed by atoms with Gasteiger partial charge in [0.1, 0.15) is 5.60 Å². The van der Waals surface area contributed by atoms with Gasteiger partial charge in [-0.3, -0.25) is 4.79 Å². The minimum Gasteiger partial charge on any atom is -0.444 e. The summed E-state index contributed by atoms with van der Waals surface area (Å²) in [4.78, 5) is 26.4.